The lowest BCUT2D eigenvalue weighted by atomic mass is 10.1. The number of halogens is 2. The Labute approximate surface area is 201 Å². The zero-order valence-electron chi connectivity index (χ0n) is 17.1. The Kier molecular flexibility index (Phi) is 11.3. The molecule has 12 heteroatoms. The molecule has 9 nitrogen and oxygen atoms in total. The first-order valence-corrected chi connectivity index (χ1v) is 9.93. The van der Waals surface area contributed by atoms with E-state index in [9.17, 15) is 9.59 Å². The van der Waals surface area contributed by atoms with E-state index in [1.54, 1.807) is 24.5 Å². The number of hydrogen-bond acceptors (Lipinski definition) is 7. The monoisotopic (exact) mass is 495 g/mol. The average Bonchev–Trinajstić information content (AvgIpc) is 3.14. The Morgan fingerprint density at radius 3 is 2.50 bits per heavy atom. The smallest absolute Gasteiger partial charge is 0.267 e. The summed E-state index contributed by atoms with van der Waals surface area (Å²) in [5, 5.41) is 5.86. The molecule has 0 saturated carbocycles. The minimum atomic E-state index is -0.286. The number of hydrogen-bond donors (Lipinski definition) is 4. The summed E-state index contributed by atoms with van der Waals surface area (Å²) in [7, 11) is 0. The largest absolute Gasteiger partial charge is 0.320 e. The van der Waals surface area contributed by atoms with Crippen LogP contribution in [0.4, 0.5) is 16.5 Å². The van der Waals surface area contributed by atoms with Crippen LogP contribution in [0.2, 0.25) is 0 Å². The fourth-order valence-electron chi connectivity index (χ4n) is 2.65. The second-order valence-electron chi connectivity index (χ2n) is 6.26. The average molecular weight is 496 g/mol. The highest BCUT2D eigenvalue weighted by Crippen LogP contribution is 2.26. The van der Waals surface area contributed by atoms with Gasteiger partial charge in [-0.25, -0.2) is 15.8 Å². The number of aryl methyl sites for hydroxylation is 2. The van der Waals surface area contributed by atoms with Crippen LogP contribution in [-0.4, -0.2) is 28.1 Å². The quantitative estimate of drug-likeness (QED) is 0.163. The lowest BCUT2D eigenvalue weighted by Crippen LogP contribution is -2.18. The Hall–Kier alpha value is -3.05. The number of amides is 2. The molecule has 0 spiro atoms. The first-order chi connectivity index (χ1) is 14.5. The van der Waals surface area contributed by atoms with Crippen molar-refractivity contribution in [3.05, 3.63) is 64.9 Å². The predicted molar refractivity (Wildman–Crippen MR) is 132 cm³/mol. The molecule has 170 valence electrons. The number of anilines is 2. The number of thiazole rings is 1. The maximum atomic E-state index is 12.8. The van der Waals surface area contributed by atoms with Crippen LogP contribution >= 0.6 is 36.2 Å². The van der Waals surface area contributed by atoms with Crippen LogP contribution < -0.4 is 21.9 Å². The number of hydrazine groups is 1. The van der Waals surface area contributed by atoms with E-state index in [1.807, 2.05) is 24.3 Å². The Morgan fingerprint density at radius 1 is 1.12 bits per heavy atom. The number of rotatable bonds is 8. The third kappa shape index (κ3) is 7.89. The molecule has 0 aliphatic heterocycles. The van der Waals surface area contributed by atoms with Gasteiger partial charge >= 0.3 is 0 Å². The highest BCUT2D eigenvalue weighted by atomic mass is 35.5. The molecule has 0 radical (unpaired) electrons. The molecule has 0 aliphatic carbocycles. The van der Waals surface area contributed by atoms with E-state index >= 15 is 0 Å². The molecule has 0 atom stereocenters. The van der Waals surface area contributed by atoms with E-state index in [0.29, 0.717) is 34.2 Å². The van der Waals surface area contributed by atoms with Crippen LogP contribution in [0.25, 0.3) is 0 Å². The molecular weight excluding hydrogens is 473 g/mol. The molecule has 2 heterocycles. The van der Waals surface area contributed by atoms with Gasteiger partial charge in [0, 0.05) is 13.1 Å². The van der Waals surface area contributed by atoms with Crippen molar-refractivity contribution in [1.82, 2.24) is 15.4 Å². The van der Waals surface area contributed by atoms with Crippen LogP contribution in [0.3, 0.4) is 0 Å². The molecular formula is C20H23Cl2N7O2S. The molecule has 0 unspecified atom stereocenters. The Balaban J connectivity index is 0.00000256. The molecule has 0 bridgehead atoms. The van der Waals surface area contributed by atoms with Crippen molar-refractivity contribution in [2.24, 2.45) is 10.8 Å². The zero-order chi connectivity index (χ0) is 21.3. The molecule has 0 aliphatic rings. The molecule has 0 saturated heterocycles. The molecule has 0 fully saturated rings. The summed E-state index contributed by atoms with van der Waals surface area (Å²) < 4.78 is 0. The van der Waals surface area contributed by atoms with E-state index in [-0.39, 0.29) is 36.6 Å². The number of nitrogens with two attached hydrogens (primary N) is 1. The predicted octanol–water partition coefficient (Wildman–Crippen LogP) is 3.50. The van der Waals surface area contributed by atoms with Gasteiger partial charge in [-0.3, -0.25) is 14.6 Å². The standard InChI is InChI=1S/C20H21N7O2S.2ClH/c1-13(28)25-20-27-17(9-6-14-4-7-15(8-5-14)23-12-24-21)18(30-20)19(29)26-16-3-2-10-22-11-16;;/h2-5,7-8,10-12H,6,9,21H2,1H3,(H,23,24)(H,26,29)(H,25,27,28);2*1H. The van der Waals surface area contributed by atoms with Gasteiger partial charge in [0.25, 0.3) is 5.91 Å². The summed E-state index contributed by atoms with van der Waals surface area (Å²) in [5.41, 5.74) is 5.41. The van der Waals surface area contributed by atoms with Gasteiger partial charge in [0.2, 0.25) is 5.91 Å². The minimum Gasteiger partial charge on any atom is -0.320 e. The Morgan fingerprint density at radius 2 is 1.88 bits per heavy atom. The highest BCUT2D eigenvalue weighted by Gasteiger charge is 2.19. The van der Waals surface area contributed by atoms with Crippen LogP contribution in [0.1, 0.15) is 27.9 Å². The van der Waals surface area contributed by atoms with E-state index in [0.717, 1.165) is 22.6 Å². The number of benzene rings is 1. The Bertz CT molecular complexity index is 1040. The lowest BCUT2D eigenvalue weighted by Gasteiger charge is -2.05. The van der Waals surface area contributed by atoms with E-state index in [4.69, 9.17) is 5.84 Å². The molecule has 3 rings (SSSR count). The number of nitrogens with zero attached hydrogens (tertiary/aromatic N) is 3. The number of aliphatic imine (C=N–C) groups is 1. The van der Waals surface area contributed by atoms with Crippen molar-refractivity contribution in [1.29, 1.82) is 0 Å². The van der Waals surface area contributed by atoms with Crippen LogP contribution in [0.5, 0.6) is 0 Å². The fourth-order valence-corrected chi connectivity index (χ4v) is 3.60. The third-order valence-electron chi connectivity index (χ3n) is 3.98. The van der Waals surface area contributed by atoms with Crippen LogP contribution in [0.15, 0.2) is 53.8 Å². The van der Waals surface area contributed by atoms with Gasteiger partial charge in [-0.1, -0.05) is 23.5 Å². The van der Waals surface area contributed by atoms with Gasteiger partial charge in [-0.2, -0.15) is 0 Å². The number of nitrogens with one attached hydrogen (secondary N) is 3. The maximum absolute atomic E-state index is 12.8. The van der Waals surface area contributed by atoms with E-state index in [2.05, 4.69) is 31.0 Å². The molecule has 5 N–H and O–H groups in total. The third-order valence-corrected chi connectivity index (χ3v) is 4.99. The lowest BCUT2D eigenvalue weighted by molar-refractivity contribution is -0.114. The normalized spacial score (nSPS) is 10.1. The summed E-state index contributed by atoms with van der Waals surface area (Å²) in [6, 6.07) is 11.2. The summed E-state index contributed by atoms with van der Waals surface area (Å²) in [4.78, 5) is 37.2. The second-order valence-corrected chi connectivity index (χ2v) is 7.26. The number of carbonyl (C=O) groups is 2. The molecule has 32 heavy (non-hydrogen) atoms. The van der Waals surface area contributed by atoms with E-state index < -0.39 is 0 Å². The zero-order valence-corrected chi connectivity index (χ0v) is 19.5. The molecule has 3 aromatic rings. The van der Waals surface area contributed by atoms with Gasteiger partial charge in [0.15, 0.2) is 5.13 Å². The molecule has 1 aromatic carbocycles. The van der Waals surface area contributed by atoms with Crippen molar-refractivity contribution in [3.8, 4) is 0 Å². The molecule has 2 amide bonds. The summed E-state index contributed by atoms with van der Waals surface area (Å²) in [5.74, 6) is 4.65. The van der Waals surface area contributed by atoms with Crippen molar-refractivity contribution in [3.63, 3.8) is 0 Å². The van der Waals surface area contributed by atoms with Gasteiger partial charge in [-0.15, -0.1) is 24.8 Å². The van der Waals surface area contributed by atoms with Crippen molar-refractivity contribution in [2.75, 3.05) is 10.6 Å². The van der Waals surface area contributed by atoms with Gasteiger partial charge in [0.1, 0.15) is 11.2 Å². The van der Waals surface area contributed by atoms with Crippen molar-refractivity contribution < 1.29 is 9.59 Å². The topological polar surface area (TPSA) is 134 Å². The minimum absolute atomic E-state index is 0. The SMILES string of the molecule is CC(=O)Nc1nc(CCc2ccc(N=CNN)cc2)c(C(=O)Nc2cccnc2)s1.Cl.Cl. The van der Waals surface area contributed by atoms with Crippen molar-refractivity contribution >= 4 is 70.8 Å². The summed E-state index contributed by atoms with van der Waals surface area (Å²) in [6.45, 7) is 1.40. The summed E-state index contributed by atoms with van der Waals surface area (Å²) >= 11 is 1.15. The maximum Gasteiger partial charge on any atom is 0.267 e. The van der Waals surface area contributed by atoms with Gasteiger partial charge < -0.3 is 16.1 Å². The number of aromatic nitrogens is 2. The summed E-state index contributed by atoms with van der Waals surface area (Å²) in [6.07, 6.45) is 5.82. The number of carbonyl (C=O) groups excluding carboxylic acids is 2. The van der Waals surface area contributed by atoms with Gasteiger partial charge in [0.05, 0.1) is 23.3 Å². The highest BCUT2D eigenvalue weighted by molar-refractivity contribution is 7.17. The first-order valence-electron chi connectivity index (χ1n) is 9.11. The van der Waals surface area contributed by atoms with E-state index in [1.165, 1.54) is 13.3 Å². The van der Waals surface area contributed by atoms with Gasteiger partial charge in [-0.05, 0) is 42.7 Å². The van der Waals surface area contributed by atoms with Crippen LogP contribution in [-0.2, 0) is 17.6 Å². The van der Waals surface area contributed by atoms with Crippen LogP contribution in [0, 0.1) is 0 Å². The second kappa shape index (κ2) is 13.4. The van der Waals surface area contributed by atoms with Crippen molar-refractivity contribution in [2.45, 2.75) is 19.8 Å². The first kappa shape index (κ1) is 27.0. The number of pyridine rings is 1. The fraction of sp³-hybridized carbons (Fsp3) is 0.150. The molecule has 2 aromatic heterocycles.